The van der Waals surface area contributed by atoms with Crippen LogP contribution in [0.2, 0.25) is 0 Å². The van der Waals surface area contributed by atoms with Crippen molar-refractivity contribution in [2.24, 2.45) is 11.8 Å². The summed E-state index contributed by atoms with van der Waals surface area (Å²) in [6.45, 7) is 5.23. The molecular formula is C13H22N6O. The van der Waals surface area contributed by atoms with Crippen molar-refractivity contribution in [3.05, 3.63) is 18.1 Å². The van der Waals surface area contributed by atoms with E-state index in [-0.39, 0.29) is 5.91 Å². The van der Waals surface area contributed by atoms with Crippen LogP contribution in [0.1, 0.15) is 25.5 Å². The third kappa shape index (κ3) is 4.43. The number of aromatic nitrogens is 2. The van der Waals surface area contributed by atoms with Gasteiger partial charge in [-0.15, -0.1) is 0 Å². The van der Waals surface area contributed by atoms with Crippen molar-refractivity contribution in [1.29, 1.82) is 0 Å². The molecule has 0 radical (unpaired) electrons. The Hall–Kier alpha value is -1.73. The van der Waals surface area contributed by atoms with Gasteiger partial charge >= 0.3 is 0 Å². The standard InChI is InChI=1S/C13H22N6O/c1-10(20)15-6-11-2-4-19(5-3-11)9-12-7-17-13(18-14)8-16-12/h7-8,11H,2-6,9,14H2,1H3,(H,15,20)(H,17,18). The zero-order chi connectivity index (χ0) is 14.4. The predicted octanol–water partition coefficient (Wildman–Crippen LogP) is 0.110. The highest BCUT2D eigenvalue weighted by Crippen LogP contribution is 2.17. The van der Waals surface area contributed by atoms with Gasteiger partial charge in [-0.2, -0.15) is 0 Å². The summed E-state index contributed by atoms with van der Waals surface area (Å²) in [5.74, 6) is 6.47. The Morgan fingerprint density at radius 3 is 2.70 bits per heavy atom. The number of anilines is 1. The molecule has 1 aliphatic heterocycles. The minimum Gasteiger partial charge on any atom is -0.356 e. The van der Waals surface area contributed by atoms with Crippen LogP contribution in [0.25, 0.3) is 0 Å². The van der Waals surface area contributed by atoms with E-state index in [0.717, 1.165) is 44.7 Å². The number of carbonyl (C=O) groups excluding carboxylic acids is 1. The fourth-order valence-corrected chi connectivity index (χ4v) is 2.38. The Bertz CT molecular complexity index is 427. The Labute approximate surface area is 118 Å². The lowest BCUT2D eigenvalue weighted by molar-refractivity contribution is -0.119. The van der Waals surface area contributed by atoms with Crippen LogP contribution < -0.4 is 16.6 Å². The monoisotopic (exact) mass is 278 g/mol. The summed E-state index contributed by atoms with van der Waals surface area (Å²) in [6.07, 6.45) is 5.60. The number of likely N-dealkylation sites (tertiary alicyclic amines) is 1. The van der Waals surface area contributed by atoms with Crippen LogP contribution in [0.3, 0.4) is 0 Å². The molecule has 1 saturated heterocycles. The van der Waals surface area contributed by atoms with E-state index >= 15 is 0 Å². The minimum atomic E-state index is 0.0521. The molecule has 2 rings (SSSR count). The second kappa shape index (κ2) is 7.16. The van der Waals surface area contributed by atoms with Gasteiger partial charge in [-0.05, 0) is 31.8 Å². The quantitative estimate of drug-likeness (QED) is 0.522. The van der Waals surface area contributed by atoms with Crippen LogP contribution in [0.4, 0.5) is 5.82 Å². The van der Waals surface area contributed by atoms with Crippen LogP contribution >= 0.6 is 0 Å². The van der Waals surface area contributed by atoms with Gasteiger partial charge < -0.3 is 10.7 Å². The molecule has 0 aromatic carbocycles. The lowest BCUT2D eigenvalue weighted by Gasteiger charge is -2.31. The molecule has 2 heterocycles. The smallest absolute Gasteiger partial charge is 0.216 e. The number of nitrogen functional groups attached to an aromatic ring is 1. The minimum absolute atomic E-state index is 0.0521. The highest BCUT2D eigenvalue weighted by atomic mass is 16.1. The number of rotatable bonds is 5. The summed E-state index contributed by atoms with van der Waals surface area (Å²) in [5.41, 5.74) is 3.41. The number of carbonyl (C=O) groups is 1. The Morgan fingerprint density at radius 1 is 1.40 bits per heavy atom. The maximum absolute atomic E-state index is 10.9. The fourth-order valence-electron chi connectivity index (χ4n) is 2.38. The lowest BCUT2D eigenvalue weighted by atomic mass is 9.96. The molecule has 1 fully saturated rings. The number of nitrogens with two attached hydrogens (primary N) is 1. The molecule has 110 valence electrons. The average molecular weight is 278 g/mol. The SMILES string of the molecule is CC(=O)NCC1CCN(Cc2cnc(NN)cn2)CC1. The Morgan fingerprint density at radius 2 is 2.15 bits per heavy atom. The molecule has 7 nitrogen and oxygen atoms in total. The largest absolute Gasteiger partial charge is 0.356 e. The Balaban J connectivity index is 1.74. The summed E-state index contributed by atoms with van der Waals surface area (Å²) in [7, 11) is 0. The van der Waals surface area contributed by atoms with Gasteiger partial charge in [0.25, 0.3) is 0 Å². The van der Waals surface area contributed by atoms with Crippen molar-refractivity contribution < 1.29 is 4.79 Å². The third-order valence-corrected chi connectivity index (χ3v) is 3.59. The number of nitrogens with zero attached hydrogens (tertiary/aromatic N) is 3. The van der Waals surface area contributed by atoms with E-state index < -0.39 is 0 Å². The molecule has 1 aromatic rings. The molecule has 1 aliphatic rings. The van der Waals surface area contributed by atoms with E-state index in [0.29, 0.717) is 11.7 Å². The summed E-state index contributed by atoms with van der Waals surface area (Å²) in [4.78, 5) is 21.7. The van der Waals surface area contributed by atoms with Crippen molar-refractivity contribution in [3.8, 4) is 0 Å². The fraction of sp³-hybridized carbons (Fsp3) is 0.615. The van der Waals surface area contributed by atoms with Crippen LogP contribution in [0, 0.1) is 5.92 Å². The first-order valence-electron chi connectivity index (χ1n) is 6.91. The summed E-state index contributed by atoms with van der Waals surface area (Å²) in [6, 6.07) is 0. The summed E-state index contributed by atoms with van der Waals surface area (Å²) < 4.78 is 0. The second-order valence-corrected chi connectivity index (χ2v) is 5.19. The molecule has 4 N–H and O–H groups in total. The van der Waals surface area contributed by atoms with Gasteiger partial charge in [-0.25, -0.2) is 10.8 Å². The maximum atomic E-state index is 10.9. The molecule has 1 aromatic heterocycles. The first-order chi connectivity index (χ1) is 9.67. The maximum Gasteiger partial charge on any atom is 0.216 e. The third-order valence-electron chi connectivity index (χ3n) is 3.59. The topological polar surface area (TPSA) is 96.2 Å². The number of hydrogen-bond donors (Lipinski definition) is 3. The van der Waals surface area contributed by atoms with Gasteiger partial charge in [-0.3, -0.25) is 14.7 Å². The molecule has 0 spiro atoms. The highest BCUT2D eigenvalue weighted by Gasteiger charge is 2.19. The summed E-state index contributed by atoms with van der Waals surface area (Å²) in [5, 5.41) is 2.89. The first kappa shape index (κ1) is 14.7. The van der Waals surface area contributed by atoms with Crippen LogP contribution in [-0.4, -0.2) is 40.4 Å². The van der Waals surface area contributed by atoms with E-state index in [4.69, 9.17) is 5.84 Å². The van der Waals surface area contributed by atoms with E-state index in [9.17, 15) is 4.79 Å². The lowest BCUT2D eigenvalue weighted by Crippen LogP contribution is -2.38. The number of amides is 1. The molecule has 0 bridgehead atoms. The van der Waals surface area contributed by atoms with Gasteiger partial charge in [0.1, 0.15) is 0 Å². The molecule has 20 heavy (non-hydrogen) atoms. The number of hydrogen-bond acceptors (Lipinski definition) is 6. The van der Waals surface area contributed by atoms with Crippen molar-refractivity contribution in [2.45, 2.75) is 26.3 Å². The van der Waals surface area contributed by atoms with E-state index in [1.54, 1.807) is 19.3 Å². The van der Waals surface area contributed by atoms with Crippen molar-refractivity contribution in [3.63, 3.8) is 0 Å². The van der Waals surface area contributed by atoms with Crippen molar-refractivity contribution in [1.82, 2.24) is 20.2 Å². The number of nitrogens with one attached hydrogen (secondary N) is 2. The number of hydrazine groups is 1. The van der Waals surface area contributed by atoms with Crippen molar-refractivity contribution in [2.75, 3.05) is 25.1 Å². The highest BCUT2D eigenvalue weighted by molar-refractivity contribution is 5.72. The molecule has 0 atom stereocenters. The molecule has 0 unspecified atom stereocenters. The van der Waals surface area contributed by atoms with Gasteiger partial charge in [-0.1, -0.05) is 0 Å². The average Bonchev–Trinajstić information content (AvgIpc) is 2.47. The Kier molecular flexibility index (Phi) is 5.25. The molecule has 0 saturated carbocycles. The van der Waals surface area contributed by atoms with Crippen LogP contribution in [0.15, 0.2) is 12.4 Å². The first-order valence-corrected chi connectivity index (χ1v) is 6.91. The van der Waals surface area contributed by atoms with Gasteiger partial charge in [0, 0.05) is 20.0 Å². The zero-order valence-corrected chi connectivity index (χ0v) is 11.8. The van der Waals surface area contributed by atoms with E-state index in [2.05, 4.69) is 25.6 Å². The van der Waals surface area contributed by atoms with E-state index in [1.165, 1.54) is 0 Å². The number of piperidine rings is 1. The van der Waals surface area contributed by atoms with Crippen molar-refractivity contribution >= 4 is 11.7 Å². The molecule has 1 amide bonds. The molecular weight excluding hydrogens is 256 g/mol. The zero-order valence-electron chi connectivity index (χ0n) is 11.8. The molecule has 0 aliphatic carbocycles. The summed E-state index contributed by atoms with van der Waals surface area (Å²) >= 11 is 0. The van der Waals surface area contributed by atoms with Crippen LogP contribution in [0.5, 0.6) is 0 Å². The second-order valence-electron chi connectivity index (χ2n) is 5.19. The predicted molar refractivity (Wildman–Crippen MR) is 76.5 cm³/mol. The normalized spacial score (nSPS) is 16.9. The van der Waals surface area contributed by atoms with Crippen LogP contribution in [-0.2, 0) is 11.3 Å². The van der Waals surface area contributed by atoms with Gasteiger partial charge in [0.05, 0.1) is 18.1 Å². The van der Waals surface area contributed by atoms with Gasteiger partial charge in [0.2, 0.25) is 5.91 Å². The van der Waals surface area contributed by atoms with E-state index in [1.807, 2.05) is 0 Å². The molecule has 7 heteroatoms. The van der Waals surface area contributed by atoms with Gasteiger partial charge in [0.15, 0.2) is 5.82 Å².